The summed E-state index contributed by atoms with van der Waals surface area (Å²) in [5.41, 5.74) is -0.376. The summed E-state index contributed by atoms with van der Waals surface area (Å²) < 4.78 is 5.49. The molecule has 2 heteroatoms. The molecule has 0 spiro atoms. The fourth-order valence-electron chi connectivity index (χ4n) is 2.92. The largest absolute Gasteiger partial charge is 0.370 e. The van der Waals surface area contributed by atoms with Crippen molar-refractivity contribution in [3.63, 3.8) is 0 Å². The minimum atomic E-state index is -0.376. The number of ether oxygens (including phenoxy) is 1. The summed E-state index contributed by atoms with van der Waals surface area (Å²) in [6, 6.07) is 0. The van der Waals surface area contributed by atoms with Crippen LogP contribution in [0.3, 0.4) is 0 Å². The standard InChI is InChI=1S/C11H18O2/c1-13-11-7-3-5-9(8-11)4-2-6-10(11)12/h9H,2-8H2,1H3. The fourth-order valence-corrected chi connectivity index (χ4v) is 2.92. The number of hydrogen-bond acceptors (Lipinski definition) is 2. The molecule has 0 aromatic carbocycles. The molecule has 0 saturated heterocycles. The summed E-state index contributed by atoms with van der Waals surface area (Å²) in [7, 11) is 1.70. The zero-order chi connectivity index (χ0) is 9.31. The van der Waals surface area contributed by atoms with Gasteiger partial charge in [0.15, 0.2) is 5.78 Å². The van der Waals surface area contributed by atoms with Crippen LogP contribution in [0.1, 0.15) is 44.9 Å². The molecule has 2 aliphatic rings. The van der Waals surface area contributed by atoms with Crippen LogP contribution in [0.15, 0.2) is 0 Å². The second-order valence-electron chi connectivity index (χ2n) is 4.48. The minimum absolute atomic E-state index is 0.359. The van der Waals surface area contributed by atoms with E-state index in [0.29, 0.717) is 5.78 Å². The second-order valence-corrected chi connectivity index (χ2v) is 4.48. The molecule has 0 aromatic rings. The van der Waals surface area contributed by atoms with Gasteiger partial charge in [0.2, 0.25) is 0 Å². The molecule has 2 rings (SSSR count). The van der Waals surface area contributed by atoms with Crippen LogP contribution in [0.25, 0.3) is 0 Å². The Labute approximate surface area is 79.7 Å². The first kappa shape index (κ1) is 9.20. The van der Waals surface area contributed by atoms with Crippen molar-refractivity contribution in [3.05, 3.63) is 0 Å². The first-order valence-corrected chi connectivity index (χ1v) is 5.35. The minimum Gasteiger partial charge on any atom is -0.370 e. The summed E-state index contributed by atoms with van der Waals surface area (Å²) >= 11 is 0. The van der Waals surface area contributed by atoms with E-state index in [4.69, 9.17) is 4.74 Å². The third-order valence-corrected chi connectivity index (χ3v) is 3.73. The van der Waals surface area contributed by atoms with Gasteiger partial charge in [0.25, 0.3) is 0 Å². The van der Waals surface area contributed by atoms with Crippen molar-refractivity contribution in [2.75, 3.05) is 7.11 Å². The maximum absolute atomic E-state index is 11.9. The van der Waals surface area contributed by atoms with E-state index in [0.717, 1.165) is 31.6 Å². The van der Waals surface area contributed by atoms with Crippen LogP contribution in [-0.2, 0) is 9.53 Å². The topological polar surface area (TPSA) is 26.3 Å². The van der Waals surface area contributed by atoms with Crippen LogP contribution in [0.2, 0.25) is 0 Å². The summed E-state index contributed by atoms with van der Waals surface area (Å²) in [5.74, 6) is 1.11. The highest BCUT2D eigenvalue weighted by atomic mass is 16.5. The number of Topliss-reactive ketones (excluding diaryl/α,β-unsaturated/α-hetero) is 1. The molecule has 2 nitrogen and oxygen atoms in total. The lowest BCUT2D eigenvalue weighted by Gasteiger charge is -2.36. The Morgan fingerprint density at radius 3 is 2.92 bits per heavy atom. The number of hydrogen-bond donors (Lipinski definition) is 0. The first-order valence-electron chi connectivity index (χ1n) is 5.35. The average molecular weight is 182 g/mol. The maximum atomic E-state index is 11.9. The Morgan fingerprint density at radius 2 is 2.15 bits per heavy atom. The molecule has 2 bridgehead atoms. The number of ketones is 1. The van der Waals surface area contributed by atoms with Gasteiger partial charge in [-0.3, -0.25) is 4.79 Å². The van der Waals surface area contributed by atoms with Crippen LogP contribution in [-0.4, -0.2) is 18.5 Å². The number of methoxy groups -OCH3 is 1. The van der Waals surface area contributed by atoms with E-state index < -0.39 is 0 Å². The molecule has 0 N–H and O–H groups in total. The SMILES string of the molecule is COC12CCCC(CCCC1=O)C2. The summed E-state index contributed by atoms with van der Waals surface area (Å²) in [6.07, 6.45) is 7.47. The van der Waals surface area contributed by atoms with E-state index in [1.807, 2.05) is 0 Å². The number of rotatable bonds is 1. The van der Waals surface area contributed by atoms with E-state index in [9.17, 15) is 4.79 Å². The van der Waals surface area contributed by atoms with Crippen molar-refractivity contribution < 1.29 is 9.53 Å². The lowest BCUT2D eigenvalue weighted by atomic mass is 9.76. The monoisotopic (exact) mass is 182 g/mol. The number of carbonyl (C=O) groups is 1. The van der Waals surface area contributed by atoms with Crippen molar-refractivity contribution in [2.24, 2.45) is 5.92 Å². The smallest absolute Gasteiger partial charge is 0.164 e. The molecule has 0 amide bonds. The van der Waals surface area contributed by atoms with E-state index in [1.165, 1.54) is 19.3 Å². The lowest BCUT2D eigenvalue weighted by Crippen LogP contribution is -2.43. The van der Waals surface area contributed by atoms with E-state index in [2.05, 4.69) is 0 Å². The van der Waals surface area contributed by atoms with E-state index >= 15 is 0 Å². The van der Waals surface area contributed by atoms with E-state index in [1.54, 1.807) is 7.11 Å². The Morgan fingerprint density at radius 1 is 1.38 bits per heavy atom. The third kappa shape index (κ3) is 1.52. The number of fused-ring (bicyclic) bond motifs is 2. The highest BCUT2D eigenvalue weighted by Gasteiger charge is 2.43. The van der Waals surface area contributed by atoms with Crippen molar-refractivity contribution in [3.8, 4) is 0 Å². The molecule has 0 aliphatic heterocycles. The lowest BCUT2D eigenvalue weighted by molar-refractivity contribution is -0.145. The Kier molecular flexibility index (Phi) is 2.41. The van der Waals surface area contributed by atoms with Crippen LogP contribution < -0.4 is 0 Å². The van der Waals surface area contributed by atoms with Crippen molar-refractivity contribution >= 4 is 5.78 Å². The van der Waals surface area contributed by atoms with Gasteiger partial charge in [-0.05, 0) is 38.0 Å². The molecule has 0 aromatic heterocycles. The van der Waals surface area contributed by atoms with E-state index in [-0.39, 0.29) is 5.60 Å². The molecular formula is C11H18O2. The Balaban J connectivity index is 2.22. The Bertz CT molecular complexity index is 212. The van der Waals surface area contributed by atoms with Crippen LogP contribution in [0, 0.1) is 5.92 Å². The van der Waals surface area contributed by atoms with Crippen molar-refractivity contribution in [1.29, 1.82) is 0 Å². The summed E-state index contributed by atoms with van der Waals surface area (Å²) in [4.78, 5) is 11.9. The van der Waals surface area contributed by atoms with Gasteiger partial charge < -0.3 is 4.74 Å². The van der Waals surface area contributed by atoms with Crippen LogP contribution in [0.5, 0.6) is 0 Å². The average Bonchev–Trinajstić information content (AvgIpc) is 2.27. The fraction of sp³-hybridized carbons (Fsp3) is 0.909. The molecule has 74 valence electrons. The van der Waals surface area contributed by atoms with Gasteiger partial charge in [0, 0.05) is 13.5 Å². The highest BCUT2D eigenvalue weighted by Crippen LogP contribution is 2.41. The van der Waals surface area contributed by atoms with Crippen molar-refractivity contribution in [2.45, 2.75) is 50.5 Å². The predicted molar refractivity (Wildman–Crippen MR) is 50.6 cm³/mol. The zero-order valence-electron chi connectivity index (χ0n) is 8.34. The summed E-state index contributed by atoms with van der Waals surface area (Å²) in [6.45, 7) is 0. The summed E-state index contributed by atoms with van der Waals surface area (Å²) in [5, 5.41) is 0. The van der Waals surface area contributed by atoms with Gasteiger partial charge in [-0.2, -0.15) is 0 Å². The van der Waals surface area contributed by atoms with Gasteiger partial charge in [-0.25, -0.2) is 0 Å². The highest BCUT2D eigenvalue weighted by molar-refractivity contribution is 5.87. The number of carbonyl (C=O) groups excluding carboxylic acids is 1. The van der Waals surface area contributed by atoms with Gasteiger partial charge in [-0.15, -0.1) is 0 Å². The zero-order valence-corrected chi connectivity index (χ0v) is 8.34. The molecule has 2 aliphatic carbocycles. The second kappa shape index (κ2) is 3.41. The van der Waals surface area contributed by atoms with Crippen LogP contribution >= 0.6 is 0 Å². The van der Waals surface area contributed by atoms with Gasteiger partial charge >= 0.3 is 0 Å². The van der Waals surface area contributed by atoms with Gasteiger partial charge in [0.05, 0.1) is 0 Å². The Hall–Kier alpha value is -0.370. The molecule has 2 fully saturated rings. The van der Waals surface area contributed by atoms with Gasteiger partial charge in [-0.1, -0.05) is 6.42 Å². The predicted octanol–water partition coefficient (Wildman–Crippen LogP) is 2.31. The molecule has 0 heterocycles. The normalized spacial score (nSPS) is 40.1. The molecular weight excluding hydrogens is 164 g/mol. The van der Waals surface area contributed by atoms with Gasteiger partial charge in [0.1, 0.15) is 5.60 Å². The quantitative estimate of drug-likeness (QED) is 0.622. The molecule has 13 heavy (non-hydrogen) atoms. The van der Waals surface area contributed by atoms with Crippen LogP contribution in [0.4, 0.5) is 0 Å². The molecule has 2 saturated carbocycles. The maximum Gasteiger partial charge on any atom is 0.164 e. The third-order valence-electron chi connectivity index (χ3n) is 3.73. The molecule has 2 atom stereocenters. The first-order chi connectivity index (χ1) is 6.27. The molecule has 0 radical (unpaired) electrons. The molecule has 2 unspecified atom stereocenters. The van der Waals surface area contributed by atoms with Crippen molar-refractivity contribution in [1.82, 2.24) is 0 Å².